The summed E-state index contributed by atoms with van der Waals surface area (Å²) >= 11 is 13.0. The van der Waals surface area contributed by atoms with Crippen molar-refractivity contribution in [2.75, 3.05) is 11.5 Å². The molecule has 1 rings (SSSR count). The highest BCUT2D eigenvalue weighted by Gasteiger charge is 2.08. The lowest BCUT2D eigenvalue weighted by Gasteiger charge is -2.02. The fourth-order valence-corrected chi connectivity index (χ4v) is 7.72. The largest absolute Gasteiger partial charge is 0.145 e. The summed E-state index contributed by atoms with van der Waals surface area (Å²) in [5.74, 6) is 2.50. The molecule has 0 aromatic carbocycles. The minimum absolute atomic E-state index is 1.09. The third-order valence-electron chi connectivity index (χ3n) is 2.48. The highest BCUT2D eigenvalue weighted by molar-refractivity contribution is 8.05. The van der Waals surface area contributed by atoms with Crippen molar-refractivity contribution in [1.82, 2.24) is 0 Å². The summed E-state index contributed by atoms with van der Waals surface area (Å²) in [6.07, 6.45) is 7.97. The van der Waals surface area contributed by atoms with Gasteiger partial charge in [-0.2, -0.15) is 0 Å². The third-order valence-corrected chi connectivity index (χ3v) is 8.24. The molecule has 5 heteroatoms. The maximum atomic E-state index is 5.33. The van der Waals surface area contributed by atoms with E-state index in [1.54, 1.807) is 0 Å². The Hall–Kier alpha value is 0.970. The Labute approximate surface area is 133 Å². The predicted octanol–water partition coefficient (Wildman–Crippen LogP) is 7.10. The smallest absolute Gasteiger partial charge is 0.113 e. The molecular weight excluding hydrogens is 316 g/mol. The fraction of sp³-hybridized carbons (Fsp3) is 0.769. The van der Waals surface area contributed by atoms with Crippen LogP contribution >= 0.6 is 58.4 Å². The van der Waals surface area contributed by atoms with Crippen LogP contribution in [-0.4, -0.2) is 11.5 Å². The number of unbranched alkanes of at least 4 members (excludes halogenated alkanes) is 4. The van der Waals surface area contributed by atoms with E-state index in [1.165, 1.54) is 58.4 Å². The lowest BCUT2D eigenvalue weighted by Crippen LogP contribution is -1.81. The first kappa shape index (κ1) is 17.0. The standard InChI is InChI=1S/C13H22S5/c1-3-5-7-9-15-11-12(18-13(14)17-11)16-10-8-6-4-2/h3-10H2,1-2H3. The van der Waals surface area contributed by atoms with Gasteiger partial charge >= 0.3 is 0 Å². The number of hydrogen-bond donors (Lipinski definition) is 0. The van der Waals surface area contributed by atoms with Gasteiger partial charge in [-0.25, -0.2) is 0 Å². The van der Waals surface area contributed by atoms with E-state index in [9.17, 15) is 0 Å². The molecule has 0 unspecified atom stereocenters. The van der Waals surface area contributed by atoms with Crippen LogP contribution in [0.2, 0.25) is 0 Å². The van der Waals surface area contributed by atoms with Gasteiger partial charge in [0.25, 0.3) is 0 Å². The van der Waals surface area contributed by atoms with Crippen molar-refractivity contribution in [2.45, 2.75) is 60.8 Å². The molecule has 0 aliphatic heterocycles. The van der Waals surface area contributed by atoms with Crippen LogP contribution in [0, 0.1) is 3.14 Å². The Balaban J connectivity index is 2.38. The zero-order chi connectivity index (χ0) is 13.2. The minimum Gasteiger partial charge on any atom is -0.113 e. The van der Waals surface area contributed by atoms with Crippen LogP contribution in [0.4, 0.5) is 0 Å². The summed E-state index contributed by atoms with van der Waals surface area (Å²) in [5.41, 5.74) is 0. The van der Waals surface area contributed by atoms with Crippen molar-refractivity contribution in [1.29, 1.82) is 0 Å². The van der Waals surface area contributed by atoms with Crippen LogP contribution in [0.3, 0.4) is 0 Å². The van der Waals surface area contributed by atoms with Crippen LogP contribution in [0.25, 0.3) is 0 Å². The Kier molecular flexibility index (Phi) is 10.1. The van der Waals surface area contributed by atoms with Gasteiger partial charge in [0.05, 0.1) is 8.42 Å². The molecule has 0 atom stereocenters. The van der Waals surface area contributed by atoms with Gasteiger partial charge in [-0.15, -0.1) is 46.2 Å². The monoisotopic (exact) mass is 338 g/mol. The van der Waals surface area contributed by atoms with E-state index < -0.39 is 0 Å². The lowest BCUT2D eigenvalue weighted by atomic mass is 10.3. The molecule has 0 radical (unpaired) electrons. The van der Waals surface area contributed by atoms with Gasteiger partial charge in [-0.3, -0.25) is 0 Å². The molecule has 0 spiro atoms. The zero-order valence-electron chi connectivity index (χ0n) is 11.2. The average Bonchev–Trinajstić information content (AvgIpc) is 2.71. The van der Waals surface area contributed by atoms with E-state index in [0.29, 0.717) is 0 Å². The maximum Gasteiger partial charge on any atom is 0.145 e. The highest BCUT2D eigenvalue weighted by Crippen LogP contribution is 2.41. The zero-order valence-corrected chi connectivity index (χ0v) is 15.3. The van der Waals surface area contributed by atoms with Crippen molar-refractivity contribution < 1.29 is 0 Å². The van der Waals surface area contributed by atoms with Gasteiger partial charge in [0, 0.05) is 0 Å². The Morgan fingerprint density at radius 1 is 0.833 bits per heavy atom. The predicted molar refractivity (Wildman–Crippen MR) is 93.5 cm³/mol. The molecule has 18 heavy (non-hydrogen) atoms. The molecule has 0 nitrogen and oxygen atoms in total. The van der Waals surface area contributed by atoms with Crippen LogP contribution in [0.15, 0.2) is 8.42 Å². The normalized spacial score (nSPS) is 11.0. The van der Waals surface area contributed by atoms with Crippen molar-refractivity contribution in [3.63, 3.8) is 0 Å². The summed E-state index contributed by atoms with van der Waals surface area (Å²) in [6.45, 7) is 4.52. The summed E-state index contributed by atoms with van der Waals surface area (Å²) < 4.78 is 4.04. The van der Waals surface area contributed by atoms with E-state index in [0.717, 1.165) is 3.14 Å². The van der Waals surface area contributed by atoms with E-state index in [1.807, 2.05) is 46.2 Å². The molecule has 104 valence electrons. The lowest BCUT2D eigenvalue weighted by molar-refractivity contribution is 0.778. The third kappa shape index (κ3) is 6.94. The molecule has 0 aliphatic rings. The molecule has 1 heterocycles. The van der Waals surface area contributed by atoms with Crippen molar-refractivity contribution in [3.8, 4) is 0 Å². The van der Waals surface area contributed by atoms with Crippen molar-refractivity contribution in [3.05, 3.63) is 3.14 Å². The van der Waals surface area contributed by atoms with Gasteiger partial charge in [0.1, 0.15) is 3.14 Å². The molecule has 0 saturated carbocycles. The first-order valence-electron chi connectivity index (χ1n) is 6.67. The fourth-order valence-electron chi connectivity index (χ4n) is 1.47. The number of hydrogen-bond acceptors (Lipinski definition) is 5. The number of rotatable bonds is 10. The second kappa shape index (κ2) is 10.7. The maximum absolute atomic E-state index is 5.33. The molecule has 0 N–H and O–H groups in total. The second-order valence-electron chi connectivity index (χ2n) is 4.14. The Bertz CT molecular complexity index is 333. The SMILES string of the molecule is CCCCCSc1sc(=S)sc1SCCCCC. The van der Waals surface area contributed by atoms with Gasteiger partial charge in [0.2, 0.25) is 0 Å². The topological polar surface area (TPSA) is 0 Å². The summed E-state index contributed by atoms with van der Waals surface area (Å²) in [7, 11) is 0. The molecule has 0 bridgehead atoms. The highest BCUT2D eigenvalue weighted by atomic mass is 32.2. The van der Waals surface area contributed by atoms with Crippen molar-refractivity contribution >= 4 is 58.4 Å². The first-order chi connectivity index (χ1) is 8.77. The van der Waals surface area contributed by atoms with Gasteiger partial charge < -0.3 is 0 Å². The van der Waals surface area contributed by atoms with Gasteiger partial charge in [-0.1, -0.05) is 51.7 Å². The summed E-state index contributed by atoms with van der Waals surface area (Å²) in [5, 5.41) is 0. The van der Waals surface area contributed by atoms with E-state index in [2.05, 4.69) is 13.8 Å². The van der Waals surface area contributed by atoms with Gasteiger partial charge in [-0.05, 0) is 24.3 Å². The van der Waals surface area contributed by atoms with Crippen LogP contribution in [0.1, 0.15) is 52.4 Å². The van der Waals surface area contributed by atoms with Gasteiger partial charge in [0.15, 0.2) is 0 Å². The minimum atomic E-state index is 1.09. The first-order valence-corrected chi connectivity index (χ1v) is 10.7. The Morgan fingerprint density at radius 3 is 1.67 bits per heavy atom. The van der Waals surface area contributed by atoms with Crippen LogP contribution in [-0.2, 0) is 0 Å². The average molecular weight is 339 g/mol. The molecule has 0 amide bonds. The molecule has 1 aromatic heterocycles. The second-order valence-corrected chi connectivity index (χ2v) is 10.1. The van der Waals surface area contributed by atoms with E-state index >= 15 is 0 Å². The molecular formula is C13H22S5. The van der Waals surface area contributed by atoms with E-state index in [-0.39, 0.29) is 0 Å². The molecule has 0 aliphatic carbocycles. The Morgan fingerprint density at radius 2 is 1.28 bits per heavy atom. The van der Waals surface area contributed by atoms with Crippen LogP contribution < -0.4 is 0 Å². The van der Waals surface area contributed by atoms with Crippen molar-refractivity contribution in [2.24, 2.45) is 0 Å². The summed E-state index contributed by atoms with van der Waals surface area (Å²) in [4.78, 5) is 0. The summed E-state index contributed by atoms with van der Waals surface area (Å²) in [6, 6.07) is 0. The molecule has 0 fully saturated rings. The molecule has 0 saturated heterocycles. The van der Waals surface area contributed by atoms with E-state index in [4.69, 9.17) is 12.2 Å². The van der Waals surface area contributed by atoms with Crippen LogP contribution in [0.5, 0.6) is 0 Å². The molecule has 1 aromatic rings. The quantitative estimate of drug-likeness (QED) is 0.253. The number of thioether (sulfide) groups is 2.